The van der Waals surface area contributed by atoms with Crippen molar-refractivity contribution in [2.45, 2.75) is 39.3 Å². The Morgan fingerprint density at radius 1 is 1.18 bits per heavy atom. The normalized spacial score (nSPS) is 14.8. The summed E-state index contributed by atoms with van der Waals surface area (Å²) in [6, 6.07) is 2.80. The van der Waals surface area contributed by atoms with Crippen molar-refractivity contribution in [1.29, 1.82) is 0 Å². The van der Waals surface area contributed by atoms with E-state index in [1.165, 1.54) is 13.2 Å². The van der Waals surface area contributed by atoms with Gasteiger partial charge in [0.15, 0.2) is 0 Å². The van der Waals surface area contributed by atoms with Gasteiger partial charge in [0, 0.05) is 11.6 Å². The smallest absolute Gasteiger partial charge is 0.496 e. The van der Waals surface area contributed by atoms with Crippen LogP contribution in [0.4, 0.5) is 13.2 Å². The first-order valence-corrected chi connectivity index (χ1v) is 6.33. The molecule has 1 rings (SSSR count). The standard InChI is InChI=1S/C14H20F3NO3.ClH/c1-13(2,3)12(19)11(18)9-6-5-8(7-10(9)20-4)21-14(15,16)17;/h5-7,11-12,19H,18H2,1-4H3;1H/t11-,12-;/m0./s1. The molecule has 0 aromatic heterocycles. The molecule has 1 aromatic carbocycles. The van der Waals surface area contributed by atoms with Gasteiger partial charge in [-0.3, -0.25) is 0 Å². The van der Waals surface area contributed by atoms with Gasteiger partial charge in [-0.2, -0.15) is 0 Å². The molecule has 0 saturated carbocycles. The average Bonchev–Trinajstić information content (AvgIpc) is 2.33. The van der Waals surface area contributed by atoms with Gasteiger partial charge in [-0.1, -0.05) is 20.8 Å². The molecule has 128 valence electrons. The van der Waals surface area contributed by atoms with Crippen molar-refractivity contribution in [3.63, 3.8) is 0 Å². The summed E-state index contributed by atoms with van der Waals surface area (Å²) in [7, 11) is 1.31. The van der Waals surface area contributed by atoms with Crippen molar-refractivity contribution < 1.29 is 27.8 Å². The fourth-order valence-corrected chi connectivity index (χ4v) is 1.87. The number of benzene rings is 1. The van der Waals surface area contributed by atoms with Gasteiger partial charge < -0.3 is 20.3 Å². The Bertz CT molecular complexity index is 489. The second-order valence-electron chi connectivity index (χ2n) is 5.79. The van der Waals surface area contributed by atoms with Gasteiger partial charge in [-0.05, 0) is 17.5 Å². The second kappa shape index (κ2) is 7.39. The molecule has 0 spiro atoms. The van der Waals surface area contributed by atoms with Crippen molar-refractivity contribution in [3.8, 4) is 11.5 Å². The predicted molar refractivity (Wildman–Crippen MR) is 79.3 cm³/mol. The lowest BCUT2D eigenvalue weighted by atomic mass is 9.82. The molecule has 4 nitrogen and oxygen atoms in total. The summed E-state index contributed by atoms with van der Waals surface area (Å²) in [6.45, 7) is 5.43. The minimum atomic E-state index is -4.78. The molecule has 3 N–H and O–H groups in total. The number of aliphatic hydroxyl groups is 1. The Balaban J connectivity index is 0.00000441. The molecule has 0 radical (unpaired) electrons. The number of ether oxygens (including phenoxy) is 2. The van der Waals surface area contributed by atoms with Crippen LogP contribution in [0.15, 0.2) is 18.2 Å². The Morgan fingerprint density at radius 3 is 2.14 bits per heavy atom. The summed E-state index contributed by atoms with van der Waals surface area (Å²) in [6.07, 6.45) is -5.67. The van der Waals surface area contributed by atoms with Gasteiger partial charge in [0.2, 0.25) is 0 Å². The summed E-state index contributed by atoms with van der Waals surface area (Å²) >= 11 is 0. The first-order valence-electron chi connectivity index (χ1n) is 6.33. The molecule has 1 aromatic rings. The molecule has 0 aliphatic carbocycles. The summed E-state index contributed by atoms with van der Waals surface area (Å²) in [5, 5.41) is 10.2. The molecule has 0 saturated heterocycles. The lowest BCUT2D eigenvalue weighted by Crippen LogP contribution is -2.37. The third kappa shape index (κ3) is 5.55. The van der Waals surface area contributed by atoms with Gasteiger partial charge in [0.25, 0.3) is 0 Å². The number of nitrogens with two attached hydrogens (primary N) is 1. The predicted octanol–water partition coefficient (Wildman–Crippen LogP) is 3.42. The quantitative estimate of drug-likeness (QED) is 0.879. The van der Waals surface area contributed by atoms with Crippen LogP contribution in [-0.2, 0) is 0 Å². The third-order valence-electron chi connectivity index (χ3n) is 3.03. The van der Waals surface area contributed by atoms with Crippen LogP contribution in [0.25, 0.3) is 0 Å². The molecule has 0 bridgehead atoms. The highest BCUT2D eigenvalue weighted by Gasteiger charge is 2.33. The van der Waals surface area contributed by atoms with E-state index in [0.29, 0.717) is 5.56 Å². The molecular formula is C14H21ClF3NO3. The van der Waals surface area contributed by atoms with Crippen LogP contribution in [0, 0.1) is 5.41 Å². The first kappa shape index (κ1) is 20.8. The fraction of sp³-hybridized carbons (Fsp3) is 0.571. The molecule has 0 heterocycles. The zero-order valence-electron chi connectivity index (χ0n) is 12.8. The monoisotopic (exact) mass is 343 g/mol. The van der Waals surface area contributed by atoms with Crippen LogP contribution < -0.4 is 15.2 Å². The van der Waals surface area contributed by atoms with E-state index in [4.69, 9.17) is 10.5 Å². The molecule has 0 amide bonds. The van der Waals surface area contributed by atoms with E-state index in [-0.39, 0.29) is 18.2 Å². The van der Waals surface area contributed by atoms with E-state index in [0.717, 1.165) is 12.1 Å². The van der Waals surface area contributed by atoms with Gasteiger partial charge in [-0.25, -0.2) is 0 Å². The number of alkyl halides is 3. The fourth-order valence-electron chi connectivity index (χ4n) is 1.87. The van der Waals surface area contributed by atoms with E-state index in [1.54, 1.807) is 0 Å². The van der Waals surface area contributed by atoms with Crippen molar-refractivity contribution in [2.75, 3.05) is 7.11 Å². The lowest BCUT2D eigenvalue weighted by molar-refractivity contribution is -0.274. The zero-order chi connectivity index (χ0) is 16.4. The van der Waals surface area contributed by atoms with Crippen molar-refractivity contribution in [2.24, 2.45) is 11.1 Å². The highest BCUT2D eigenvalue weighted by atomic mass is 35.5. The van der Waals surface area contributed by atoms with Crippen molar-refractivity contribution in [1.82, 2.24) is 0 Å². The van der Waals surface area contributed by atoms with E-state index in [2.05, 4.69) is 4.74 Å². The topological polar surface area (TPSA) is 64.7 Å². The molecule has 8 heteroatoms. The summed E-state index contributed by atoms with van der Waals surface area (Å²) in [4.78, 5) is 0. The van der Waals surface area contributed by atoms with Crippen molar-refractivity contribution >= 4 is 12.4 Å². The second-order valence-corrected chi connectivity index (χ2v) is 5.79. The van der Waals surface area contributed by atoms with Gasteiger partial charge >= 0.3 is 6.36 Å². The number of rotatable bonds is 4. The Hall–Kier alpha value is -1.18. The molecule has 0 aliphatic rings. The molecule has 22 heavy (non-hydrogen) atoms. The molecule has 0 unspecified atom stereocenters. The largest absolute Gasteiger partial charge is 0.573 e. The molecule has 2 atom stereocenters. The maximum atomic E-state index is 12.2. The number of hydrogen-bond acceptors (Lipinski definition) is 4. The minimum absolute atomic E-state index is 0. The van der Waals surface area contributed by atoms with Crippen LogP contribution in [-0.4, -0.2) is 24.7 Å². The Morgan fingerprint density at radius 2 is 1.73 bits per heavy atom. The SMILES string of the molecule is COc1cc(OC(F)(F)F)ccc1[C@H](N)[C@H](O)C(C)(C)C.Cl. The molecular weight excluding hydrogens is 323 g/mol. The first-order chi connectivity index (χ1) is 9.45. The van der Waals surface area contributed by atoms with E-state index in [9.17, 15) is 18.3 Å². The molecule has 0 aliphatic heterocycles. The van der Waals surface area contributed by atoms with E-state index in [1.807, 2.05) is 20.8 Å². The maximum Gasteiger partial charge on any atom is 0.573 e. The number of hydrogen-bond donors (Lipinski definition) is 2. The van der Waals surface area contributed by atoms with Gasteiger partial charge in [0.1, 0.15) is 11.5 Å². The van der Waals surface area contributed by atoms with Gasteiger partial charge in [0.05, 0.1) is 19.3 Å². The van der Waals surface area contributed by atoms with Crippen LogP contribution in [0.2, 0.25) is 0 Å². The third-order valence-corrected chi connectivity index (χ3v) is 3.03. The highest BCUT2D eigenvalue weighted by Crippen LogP contribution is 2.36. The van der Waals surface area contributed by atoms with Crippen LogP contribution in [0.3, 0.4) is 0 Å². The summed E-state index contributed by atoms with van der Waals surface area (Å²) in [5.41, 5.74) is 5.92. The number of halogens is 4. The highest BCUT2D eigenvalue weighted by molar-refractivity contribution is 5.85. The summed E-state index contributed by atoms with van der Waals surface area (Å²) in [5.74, 6) is -0.270. The van der Waals surface area contributed by atoms with Gasteiger partial charge in [-0.15, -0.1) is 25.6 Å². The number of methoxy groups -OCH3 is 1. The number of aliphatic hydroxyl groups excluding tert-OH is 1. The van der Waals surface area contributed by atoms with Crippen molar-refractivity contribution in [3.05, 3.63) is 23.8 Å². The molecule has 0 fully saturated rings. The van der Waals surface area contributed by atoms with E-state index >= 15 is 0 Å². The lowest BCUT2D eigenvalue weighted by Gasteiger charge is -2.31. The zero-order valence-corrected chi connectivity index (χ0v) is 13.6. The van der Waals surface area contributed by atoms with Crippen LogP contribution in [0.1, 0.15) is 32.4 Å². The Kier molecular flexibility index (Phi) is 6.99. The van der Waals surface area contributed by atoms with Crippen LogP contribution >= 0.6 is 12.4 Å². The van der Waals surface area contributed by atoms with Crippen LogP contribution in [0.5, 0.6) is 11.5 Å². The minimum Gasteiger partial charge on any atom is -0.496 e. The Labute approximate surface area is 133 Å². The maximum absolute atomic E-state index is 12.2. The van der Waals surface area contributed by atoms with E-state index < -0.39 is 29.7 Å². The summed E-state index contributed by atoms with van der Waals surface area (Å²) < 4.78 is 45.4. The average molecular weight is 344 g/mol.